The van der Waals surface area contributed by atoms with Gasteiger partial charge in [-0.1, -0.05) is 19.3 Å². The van der Waals surface area contributed by atoms with Gasteiger partial charge in [0.2, 0.25) is 5.91 Å². The highest BCUT2D eigenvalue weighted by atomic mass is 16.5. The van der Waals surface area contributed by atoms with E-state index in [1.54, 1.807) is 24.3 Å². The first-order valence-electron chi connectivity index (χ1n) is 13.0. The van der Waals surface area contributed by atoms with Crippen LogP contribution in [0.4, 0.5) is 11.4 Å². The van der Waals surface area contributed by atoms with E-state index in [1.807, 2.05) is 31.2 Å². The largest absolute Gasteiger partial charge is 0.494 e. The van der Waals surface area contributed by atoms with E-state index in [9.17, 15) is 9.59 Å². The van der Waals surface area contributed by atoms with Gasteiger partial charge in [0.25, 0.3) is 5.91 Å². The Morgan fingerprint density at radius 2 is 1.43 bits per heavy atom. The zero-order valence-electron chi connectivity index (χ0n) is 20.8. The number of amides is 2. The summed E-state index contributed by atoms with van der Waals surface area (Å²) in [5, 5.41) is 5.84. The number of piperazine rings is 1. The maximum Gasteiger partial charge on any atom is 0.255 e. The Morgan fingerprint density at radius 3 is 2.09 bits per heavy atom. The molecule has 2 N–H and O–H groups in total. The number of nitrogens with one attached hydrogen (secondary N) is 2. The molecule has 0 unspecified atom stereocenters. The van der Waals surface area contributed by atoms with E-state index in [2.05, 4.69) is 20.4 Å². The number of hydrogen-bond acceptors (Lipinski definition) is 5. The van der Waals surface area contributed by atoms with Gasteiger partial charge in [0.1, 0.15) is 5.75 Å². The average Bonchev–Trinajstić information content (AvgIpc) is 2.87. The maximum atomic E-state index is 12.6. The van der Waals surface area contributed by atoms with Gasteiger partial charge >= 0.3 is 0 Å². The van der Waals surface area contributed by atoms with Crippen molar-refractivity contribution >= 4 is 23.2 Å². The van der Waals surface area contributed by atoms with Gasteiger partial charge in [-0.05, 0) is 74.2 Å². The second-order valence-electron chi connectivity index (χ2n) is 9.62. The second kappa shape index (κ2) is 12.7. The SMILES string of the molecule is CCOc1ccc(NC(=O)c2ccc(NC(=O)CN3CCN(CC4CCCCC4)CC3)cc2)cc1. The lowest BCUT2D eigenvalue weighted by Crippen LogP contribution is -2.49. The van der Waals surface area contributed by atoms with Gasteiger partial charge in [0, 0.05) is 49.7 Å². The molecule has 2 amide bonds. The van der Waals surface area contributed by atoms with Crippen molar-refractivity contribution in [1.82, 2.24) is 9.80 Å². The number of nitrogens with zero attached hydrogens (tertiary/aromatic N) is 2. The van der Waals surface area contributed by atoms with Crippen LogP contribution < -0.4 is 15.4 Å². The van der Waals surface area contributed by atoms with Crippen LogP contribution in [0.15, 0.2) is 48.5 Å². The molecule has 1 aliphatic heterocycles. The van der Waals surface area contributed by atoms with Crippen molar-refractivity contribution in [3.05, 3.63) is 54.1 Å². The number of anilines is 2. The van der Waals surface area contributed by atoms with Crippen LogP contribution in [0.5, 0.6) is 5.75 Å². The molecular weight excluding hydrogens is 440 g/mol. The first-order chi connectivity index (χ1) is 17.1. The lowest BCUT2D eigenvalue weighted by atomic mass is 9.89. The average molecular weight is 479 g/mol. The Hall–Kier alpha value is -2.90. The minimum Gasteiger partial charge on any atom is -0.494 e. The summed E-state index contributed by atoms with van der Waals surface area (Å²) in [5.74, 6) is 1.42. The highest BCUT2D eigenvalue weighted by molar-refractivity contribution is 6.04. The van der Waals surface area contributed by atoms with E-state index in [1.165, 1.54) is 38.6 Å². The lowest BCUT2D eigenvalue weighted by molar-refractivity contribution is -0.117. The van der Waals surface area contributed by atoms with Crippen molar-refractivity contribution in [1.29, 1.82) is 0 Å². The fourth-order valence-electron chi connectivity index (χ4n) is 4.98. The van der Waals surface area contributed by atoms with Crippen molar-refractivity contribution < 1.29 is 14.3 Å². The van der Waals surface area contributed by atoms with Gasteiger partial charge in [-0.2, -0.15) is 0 Å². The molecule has 0 aromatic heterocycles. The van der Waals surface area contributed by atoms with E-state index >= 15 is 0 Å². The third kappa shape index (κ3) is 7.80. The quantitative estimate of drug-likeness (QED) is 0.556. The predicted molar refractivity (Wildman–Crippen MR) is 140 cm³/mol. The zero-order chi connectivity index (χ0) is 24.5. The van der Waals surface area contributed by atoms with Crippen LogP contribution >= 0.6 is 0 Å². The summed E-state index contributed by atoms with van der Waals surface area (Å²) in [6.07, 6.45) is 6.94. The number of ether oxygens (including phenoxy) is 1. The van der Waals surface area contributed by atoms with Crippen LogP contribution in [0.2, 0.25) is 0 Å². The topological polar surface area (TPSA) is 73.9 Å². The maximum absolute atomic E-state index is 12.6. The Bertz CT molecular complexity index is 947. The van der Waals surface area contributed by atoms with Crippen LogP contribution in [-0.4, -0.2) is 67.5 Å². The van der Waals surface area contributed by atoms with Gasteiger partial charge in [0.15, 0.2) is 0 Å². The van der Waals surface area contributed by atoms with E-state index in [0.29, 0.717) is 30.1 Å². The second-order valence-corrected chi connectivity index (χ2v) is 9.62. The van der Waals surface area contributed by atoms with Gasteiger partial charge in [-0.25, -0.2) is 0 Å². The van der Waals surface area contributed by atoms with E-state index in [0.717, 1.165) is 37.8 Å². The normalized spacial score (nSPS) is 17.6. The molecule has 2 aliphatic rings. The molecule has 0 radical (unpaired) electrons. The summed E-state index contributed by atoms with van der Waals surface area (Å²) < 4.78 is 5.42. The highest BCUT2D eigenvalue weighted by Gasteiger charge is 2.22. The molecule has 7 nitrogen and oxygen atoms in total. The van der Waals surface area contributed by atoms with Gasteiger partial charge in [-0.15, -0.1) is 0 Å². The van der Waals surface area contributed by atoms with Crippen molar-refractivity contribution in [3.63, 3.8) is 0 Å². The standard InChI is InChI=1S/C28H38N4O3/c1-2-35-26-14-12-25(13-15-26)30-28(34)23-8-10-24(11-9-23)29-27(33)21-32-18-16-31(17-19-32)20-22-6-4-3-5-7-22/h8-15,22H,2-7,16-21H2,1H3,(H,29,33)(H,30,34). The van der Waals surface area contributed by atoms with Crippen LogP contribution in [0.25, 0.3) is 0 Å². The molecule has 0 atom stereocenters. The molecule has 4 rings (SSSR count). The molecule has 1 heterocycles. The molecule has 2 fully saturated rings. The third-order valence-electron chi connectivity index (χ3n) is 6.93. The smallest absolute Gasteiger partial charge is 0.255 e. The third-order valence-corrected chi connectivity index (χ3v) is 6.93. The lowest BCUT2D eigenvalue weighted by Gasteiger charge is -2.37. The summed E-state index contributed by atoms with van der Waals surface area (Å²) in [6, 6.07) is 14.3. The Kier molecular flexibility index (Phi) is 9.15. The molecule has 1 saturated heterocycles. The number of carbonyl (C=O) groups is 2. The fourth-order valence-corrected chi connectivity index (χ4v) is 4.98. The Balaban J connectivity index is 1.18. The van der Waals surface area contributed by atoms with E-state index in [-0.39, 0.29) is 11.8 Å². The number of rotatable bonds is 9. The van der Waals surface area contributed by atoms with Crippen LogP contribution in [0, 0.1) is 5.92 Å². The first kappa shape index (κ1) is 25.2. The zero-order valence-corrected chi connectivity index (χ0v) is 20.8. The molecule has 35 heavy (non-hydrogen) atoms. The van der Waals surface area contributed by atoms with Crippen molar-refractivity contribution in [3.8, 4) is 5.75 Å². The molecular formula is C28H38N4O3. The van der Waals surface area contributed by atoms with Gasteiger partial charge < -0.3 is 20.3 Å². The number of benzene rings is 2. The van der Waals surface area contributed by atoms with Crippen LogP contribution in [0.3, 0.4) is 0 Å². The van der Waals surface area contributed by atoms with Crippen LogP contribution in [0.1, 0.15) is 49.4 Å². The fraction of sp³-hybridized carbons (Fsp3) is 0.500. The summed E-state index contributed by atoms with van der Waals surface area (Å²) in [6.45, 7) is 8.11. The Morgan fingerprint density at radius 1 is 0.829 bits per heavy atom. The molecule has 2 aromatic carbocycles. The molecule has 188 valence electrons. The van der Waals surface area contributed by atoms with Crippen LogP contribution in [-0.2, 0) is 4.79 Å². The molecule has 1 saturated carbocycles. The molecule has 0 bridgehead atoms. The monoisotopic (exact) mass is 478 g/mol. The predicted octanol–water partition coefficient (Wildman–Crippen LogP) is 4.47. The molecule has 2 aromatic rings. The van der Waals surface area contributed by atoms with Gasteiger partial charge in [-0.3, -0.25) is 14.5 Å². The minimum absolute atomic E-state index is 0.0164. The van der Waals surface area contributed by atoms with Crippen molar-refractivity contribution in [2.24, 2.45) is 5.92 Å². The number of hydrogen-bond donors (Lipinski definition) is 2. The minimum atomic E-state index is -0.196. The summed E-state index contributed by atoms with van der Waals surface area (Å²) >= 11 is 0. The Labute approximate surface area is 208 Å². The van der Waals surface area contributed by atoms with Gasteiger partial charge in [0.05, 0.1) is 13.2 Å². The van der Waals surface area contributed by atoms with Crippen molar-refractivity contribution in [2.75, 3.05) is 56.5 Å². The molecule has 1 aliphatic carbocycles. The number of carbonyl (C=O) groups excluding carboxylic acids is 2. The highest BCUT2D eigenvalue weighted by Crippen LogP contribution is 2.24. The molecule has 0 spiro atoms. The summed E-state index contributed by atoms with van der Waals surface area (Å²) in [5.41, 5.74) is 1.93. The summed E-state index contributed by atoms with van der Waals surface area (Å²) in [4.78, 5) is 29.9. The summed E-state index contributed by atoms with van der Waals surface area (Å²) in [7, 11) is 0. The molecule has 7 heteroatoms. The van der Waals surface area contributed by atoms with Crippen molar-refractivity contribution in [2.45, 2.75) is 39.0 Å². The van der Waals surface area contributed by atoms with E-state index < -0.39 is 0 Å². The van der Waals surface area contributed by atoms with E-state index in [4.69, 9.17) is 4.74 Å². The first-order valence-corrected chi connectivity index (χ1v) is 13.0.